The zero-order chi connectivity index (χ0) is 38.3. The number of fused-ring (bicyclic) bond motifs is 1. The van der Waals surface area contributed by atoms with Crippen LogP contribution in [0.5, 0.6) is 0 Å². The second-order valence-electron chi connectivity index (χ2n) is 11.7. The average Bonchev–Trinajstić information content (AvgIpc) is 3.70. The summed E-state index contributed by atoms with van der Waals surface area (Å²) in [5.74, 6) is 0.525. The number of rotatable bonds is 9. The minimum Gasteiger partial charge on any atom is -0.744 e. The van der Waals surface area contributed by atoms with E-state index in [-0.39, 0.29) is 11.0 Å². The Morgan fingerprint density at radius 3 is 1.85 bits per heavy atom. The van der Waals surface area contributed by atoms with E-state index in [2.05, 4.69) is 91.0 Å². The van der Waals surface area contributed by atoms with Gasteiger partial charge in [0.25, 0.3) is 0 Å². The van der Waals surface area contributed by atoms with Crippen LogP contribution < -0.4 is 25.6 Å². The van der Waals surface area contributed by atoms with Crippen molar-refractivity contribution >= 4 is 51.8 Å². The molecule has 0 saturated carbocycles. The van der Waals surface area contributed by atoms with Gasteiger partial charge in [0.15, 0.2) is 12.8 Å². The highest BCUT2D eigenvalue weighted by Gasteiger charge is 2.29. The van der Waals surface area contributed by atoms with Gasteiger partial charge in [0.1, 0.15) is 10.1 Å². The first-order chi connectivity index (χ1) is 26.2. The van der Waals surface area contributed by atoms with E-state index in [1.165, 1.54) is 34.1 Å². The van der Waals surface area contributed by atoms with E-state index in [1.54, 1.807) is 34.9 Å². The summed E-state index contributed by atoms with van der Waals surface area (Å²) in [6.07, 6.45) is 4.79. The lowest BCUT2D eigenvalue weighted by atomic mass is 10.1. The van der Waals surface area contributed by atoms with Crippen LogP contribution >= 0.6 is 7.92 Å². The van der Waals surface area contributed by atoms with Crippen LogP contribution in [0.15, 0.2) is 167 Å². The van der Waals surface area contributed by atoms with Gasteiger partial charge in [0.05, 0.1) is 23.3 Å². The molecule has 0 radical (unpaired) electrons. The van der Waals surface area contributed by atoms with Crippen molar-refractivity contribution in [3.05, 3.63) is 163 Å². The third kappa shape index (κ3) is 10.6. The van der Waals surface area contributed by atoms with E-state index in [0.29, 0.717) is 31.1 Å². The van der Waals surface area contributed by atoms with E-state index in [9.17, 15) is 17.8 Å². The third-order valence-electron chi connectivity index (χ3n) is 8.06. The van der Waals surface area contributed by atoms with Crippen molar-refractivity contribution in [2.24, 2.45) is 0 Å². The summed E-state index contributed by atoms with van der Waals surface area (Å²) in [6.45, 7) is 7.18. The molecule has 0 N–H and O–H groups in total. The largest absolute Gasteiger partial charge is 0.744 e. The maximum Gasteiger partial charge on any atom is 0.416 e. The summed E-state index contributed by atoms with van der Waals surface area (Å²) >= 11 is 0. The zero-order valence-corrected chi connectivity index (χ0v) is 32.1. The van der Waals surface area contributed by atoms with Crippen LogP contribution in [0.3, 0.4) is 0 Å². The van der Waals surface area contributed by atoms with Gasteiger partial charge in [-0.15, -0.1) is 0 Å². The first-order valence-electron chi connectivity index (χ1n) is 17.6. The molecule has 54 heavy (non-hydrogen) atoms. The maximum atomic E-state index is 12.0. The normalized spacial score (nSPS) is 13.2. The number of benzene rings is 5. The van der Waals surface area contributed by atoms with E-state index in [1.807, 2.05) is 50.3 Å². The molecule has 0 saturated heterocycles. The van der Waals surface area contributed by atoms with Crippen LogP contribution in [-0.4, -0.2) is 38.5 Å². The first-order valence-corrected chi connectivity index (χ1v) is 20.3. The van der Waals surface area contributed by atoms with Crippen LogP contribution in [0.1, 0.15) is 26.3 Å². The van der Waals surface area contributed by atoms with Gasteiger partial charge in [-0.25, -0.2) is 22.6 Å². The van der Waals surface area contributed by atoms with Crippen LogP contribution in [0.4, 0.5) is 10.5 Å². The number of hydrogen-bond acceptors (Lipinski definition) is 7. The molecule has 7 rings (SSSR count). The van der Waals surface area contributed by atoms with E-state index in [0.717, 1.165) is 11.3 Å². The van der Waals surface area contributed by atoms with E-state index in [4.69, 9.17) is 14.0 Å². The molecule has 1 aliphatic rings. The summed E-state index contributed by atoms with van der Waals surface area (Å²) in [5.41, 5.74) is 2.37. The third-order valence-corrected chi connectivity index (χ3v) is 11.3. The van der Waals surface area contributed by atoms with Crippen molar-refractivity contribution in [1.29, 1.82) is 0 Å². The Bertz CT molecular complexity index is 2120. The molecule has 1 amide bonds. The number of ether oxygens (including phenoxy) is 2. The fraction of sp³-hybridized carbons (Fsp3) is 0.163. The van der Waals surface area contributed by atoms with E-state index >= 15 is 0 Å². The molecule has 6 aromatic rings. The van der Waals surface area contributed by atoms with Gasteiger partial charge in [-0.05, 0) is 79.2 Å². The molecule has 11 heteroatoms. The Morgan fingerprint density at radius 2 is 1.33 bits per heavy atom. The van der Waals surface area contributed by atoms with Crippen molar-refractivity contribution in [3.8, 4) is 11.3 Å². The summed E-state index contributed by atoms with van der Waals surface area (Å²) in [5, 5.41) is 4.19. The number of anilines is 1. The Labute approximate surface area is 318 Å². The molecule has 0 spiro atoms. The highest BCUT2D eigenvalue weighted by atomic mass is 32.2. The molecule has 0 aliphatic carbocycles. The first kappa shape index (κ1) is 39.8. The minimum atomic E-state index is -4.43. The van der Waals surface area contributed by atoms with E-state index < -0.39 is 24.3 Å². The van der Waals surface area contributed by atoms with Gasteiger partial charge < -0.3 is 14.0 Å². The van der Waals surface area contributed by atoms with Crippen LogP contribution in [0.25, 0.3) is 17.4 Å². The molecular weight excluding hydrogens is 720 g/mol. The lowest BCUT2D eigenvalue weighted by Crippen LogP contribution is -2.43. The van der Waals surface area contributed by atoms with Crippen molar-refractivity contribution < 1.29 is 36.5 Å². The number of para-hydroxylation sites is 1. The van der Waals surface area contributed by atoms with Crippen molar-refractivity contribution in [3.63, 3.8) is 0 Å². The fourth-order valence-electron chi connectivity index (χ4n) is 5.59. The Hall–Kier alpha value is -5.38. The Kier molecular flexibility index (Phi) is 14.5. The zero-order valence-electron chi connectivity index (χ0n) is 30.4. The van der Waals surface area contributed by atoms with Crippen LogP contribution in [0.2, 0.25) is 0 Å². The molecule has 5 aromatic carbocycles. The number of amides is 1. The average molecular weight is 763 g/mol. The predicted octanol–water partition coefficient (Wildman–Crippen LogP) is 7.64. The van der Waals surface area contributed by atoms with Crippen molar-refractivity contribution in [2.45, 2.75) is 38.4 Å². The van der Waals surface area contributed by atoms with Crippen molar-refractivity contribution in [1.82, 2.24) is 0 Å². The molecule has 1 aromatic heterocycles. The standard InChI is InChI=1S/C18H15P.C14H17NO3.C11H11NO4S/c1-4-10-16(11-5-1)19(17-12-6-2-7-13-17)18-14-8-3-9-15-18;1-3-17-13-10-9-11-7-5-6-8-12(11)15(13)14(16)18-4-2;1-2-12-7-6-11(16-12)9-4-3-5-10(8-9)17(13,14)15/h1-15H;5-10,13H,3-4H2,1-2H3;3-8H,2H2,1H3. The number of hydrogen-bond donors (Lipinski definition) is 0. The number of carbonyl (C=O) groups excluding carboxylic acids is 1. The van der Waals surface area contributed by atoms with Crippen molar-refractivity contribution in [2.75, 3.05) is 18.1 Å². The summed E-state index contributed by atoms with van der Waals surface area (Å²) in [7, 11) is -4.88. The summed E-state index contributed by atoms with van der Waals surface area (Å²) < 4.78 is 50.3. The van der Waals surface area contributed by atoms with Crippen LogP contribution in [-0.2, 0) is 26.1 Å². The number of nitrogens with zero attached hydrogens (tertiary/aromatic N) is 2. The van der Waals surface area contributed by atoms with Gasteiger partial charge >= 0.3 is 6.09 Å². The molecule has 0 bridgehead atoms. The molecular formula is C43H43N2O7PS. The molecule has 278 valence electrons. The van der Waals surface area contributed by atoms with Gasteiger partial charge in [-0.2, -0.15) is 0 Å². The van der Waals surface area contributed by atoms with Gasteiger partial charge in [-0.3, -0.25) is 0 Å². The highest BCUT2D eigenvalue weighted by molar-refractivity contribution is 7.85. The molecule has 1 unspecified atom stereocenters. The second kappa shape index (κ2) is 19.6. The number of aryl methyl sites for hydroxylation is 1. The Balaban J connectivity index is 0.000000156. The Morgan fingerprint density at radius 1 is 0.759 bits per heavy atom. The lowest BCUT2D eigenvalue weighted by Gasteiger charge is -2.32. The number of carbonyl (C=O) groups is 1. The quantitative estimate of drug-likeness (QED) is 0.0846. The minimum absolute atomic E-state index is 0.255. The SMILES string of the molecule is CCOC(=O)N1c2ccccc2C=CC1OCC.CC[n+]1ccc(-c2cccc(S(=O)(=O)[O-])c2)o1.c1ccc(P(c2ccccc2)c2ccccc2)cc1. The second-order valence-corrected chi connectivity index (χ2v) is 15.3. The van der Waals surface area contributed by atoms with Crippen LogP contribution in [0, 0.1) is 0 Å². The molecule has 9 nitrogen and oxygen atoms in total. The van der Waals surface area contributed by atoms with Gasteiger partial charge in [-0.1, -0.05) is 127 Å². The molecule has 2 heterocycles. The van der Waals surface area contributed by atoms with Gasteiger partial charge in [0.2, 0.25) is 12.0 Å². The molecule has 1 aliphatic heterocycles. The highest BCUT2D eigenvalue weighted by Crippen LogP contribution is 2.32. The smallest absolute Gasteiger partial charge is 0.416 e. The molecule has 1 atom stereocenters. The van der Waals surface area contributed by atoms with Gasteiger partial charge in [0, 0.05) is 12.2 Å². The topological polar surface area (TPSA) is 113 Å². The summed E-state index contributed by atoms with van der Waals surface area (Å²) in [6, 6.07) is 47.5. The molecule has 0 fully saturated rings. The summed E-state index contributed by atoms with van der Waals surface area (Å²) in [4.78, 5) is 13.3. The number of aromatic nitrogens is 1. The monoisotopic (exact) mass is 762 g/mol. The maximum absolute atomic E-state index is 12.0. The lowest BCUT2D eigenvalue weighted by molar-refractivity contribution is -0.860. The fourth-order valence-corrected chi connectivity index (χ4v) is 8.42. The predicted molar refractivity (Wildman–Crippen MR) is 214 cm³/mol.